The first-order valence-corrected chi connectivity index (χ1v) is 6.29. The first-order chi connectivity index (χ1) is 8.83. The Balaban J connectivity index is 0.000000659. The van der Waals surface area contributed by atoms with Crippen LogP contribution in [0.15, 0.2) is 25.3 Å². The number of hydrogen-bond donors (Lipinski definition) is 1. The van der Waals surface area contributed by atoms with Crippen LogP contribution >= 0.6 is 0 Å². The predicted octanol–water partition coefficient (Wildman–Crippen LogP) is 3.01. The van der Waals surface area contributed by atoms with Gasteiger partial charge in [-0.3, -0.25) is 0 Å². The van der Waals surface area contributed by atoms with Gasteiger partial charge >= 0.3 is 0 Å². The molecule has 0 spiro atoms. The highest BCUT2D eigenvalue weighted by Gasteiger charge is 2.06. The van der Waals surface area contributed by atoms with Crippen molar-refractivity contribution in [3.05, 3.63) is 25.3 Å². The van der Waals surface area contributed by atoms with Gasteiger partial charge in [0.15, 0.2) is 11.5 Å². The van der Waals surface area contributed by atoms with Crippen molar-refractivity contribution in [2.45, 2.75) is 27.7 Å². The molecule has 0 aliphatic heterocycles. The summed E-state index contributed by atoms with van der Waals surface area (Å²) in [6.45, 7) is 12.3. The third-order valence-corrected chi connectivity index (χ3v) is 1.91. The van der Waals surface area contributed by atoms with E-state index in [0.717, 1.165) is 17.0 Å². The molecule has 5 nitrogen and oxygen atoms in total. The SMILES string of the molecule is C=CCNc1ncnc2c1ncn2C.CC.CC. The Kier molecular flexibility index (Phi) is 8.18. The maximum Gasteiger partial charge on any atom is 0.165 e. The molecule has 0 saturated heterocycles. The van der Waals surface area contributed by atoms with E-state index in [4.69, 9.17) is 0 Å². The van der Waals surface area contributed by atoms with Crippen LogP contribution in [0.3, 0.4) is 0 Å². The summed E-state index contributed by atoms with van der Waals surface area (Å²) in [5.74, 6) is 0.746. The van der Waals surface area contributed by atoms with Crippen molar-refractivity contribution in [2.75, 3.05) is 11.9 Å². The van der Waals surface area contributed by atoms with Crippen LogP contribution in [0.1, 0.15) is 27.7 Å². The molecule has 0 amide bonds. The average Bonchev–Trinajstić information content (AvgIpc) is 2.83. The smallest absolute Gasteiger partial charge is 0.165 e. The second-order valence-corrected chi connectivity index (χ2v) is 2.92. The Hall–Kier alpha value is -1.91. The van der Waals surface area contributed by atoms with Gasteiger partial charge in [0, 0.05) is 13.6 Å². The molecule has 2 rings (SSSR count). The van der Waals surface area contributed by atoms with Gasteiger partial charge in [0.05, 0.1) is 6.33 Å². The lowest BCUT2D eigenvalue weighted by Gasteiger charge is -2.01. The minimum atomic E-state index is 0.669. The van der Waals surface area contributed by atoms with Crippen molar-refractivity contribution >= 4 is 17.0 Å². The minimum absolute atomic E-state index is 0.669. The van der Waals surface area contributed by atoms with Gasteiger partial charge in [-0.2, -0.15) is 0 Å². The van der Waals surface area contributed by atoms with E-state index in [9.17, 15) is 0 Å². The van der Waals surface area contributed by atoms with Gasteiger partial charge < -0.3 is 9.88 Å². The fourth-order valence-electron chi connectivity index (χ4n) is 1.24. The summed E-state index contributed by atoms with van der Waals surface area (Å²) in [5.41, 5.74) is 1.61. The van der Waals surface area contributed by atoms with Crippen LogP contribution < -0.4 is 5.32 Å². The van der Waals surface area contributed by atoms with E-state index in [0.29, 0.717) is 6.54 Å². The van der Waals surface area contributed by atoms with Crippen LogP contribution in [0, 0.1) is 0 Å². The van der Waals surface area contributed by atoms with Gasteiger partial charge in [0.25, 0.3) is 0 Å². The molecule has 0 radical (unpaired) electrons. The zero-order valence-corrected chi connectivity index (χ0v) is 11.9. The van der Waals surface area contributed by atoms with E-state index < -0.39 is 0 Å². The number of aromatic nitrogens is 4. The summed E-state index contributed by atoms with van der Waals surface area (Å²) < 4.78 is 1.86. The average molecular weight is 249 g/mol. The van der Waals surface area contributed by atoms with E-state index >= 15 is 0 Å². The fraction of sp³-hybridized carbons (Fsp3) is 0.462. The number of aryl methyl sites for hydroxylation is 1. The Labute approximate surface area is 109 Å². The highest BCUT2D eigenvalue weighted by Crippen LogP contribution is 2.15. The van der Waals surface area contributed by atoms with E-state index in [1.54, 1.807) is 12.4 Å². The second kappa shape index (κ2) is 9.15. The molecule has 2 aromatic rings. The number of rotatable bonds is 3. The summed E-state index contributed by atoms with van der Waals surface area (Å²) in [7, 11) is 1.90. The molecular formula is C13H23N5. The molecule has 0 unspecified atom stereocenters. The number of fused-ring (bicyclic) bond motifs is 1. The summed E-state index contributed by atoms with van der Waals surface area (Å²) in [6.07, 6.45) is 5.02. The zero-order valence-electron chi connectivity index (χ0n) is 11.9. The van der Waals surface area contributed by atoms with Crippen LogP contribution in [0.5, 0.6) is 0 Å². The third-order valence-electron chi connectivity index (χ3n) is 1.91. The highest BCUT2D eigenvalue weighted by molar-refractivity contribution is 5.82. The molecule has 0 bridgehead atoms. The number of hydrogen-bond acceptors (Lipinski definition) is 4. The Morgan fingerprint density at radius 2 is 1.89 bits per heavy atom. The summed E-state index contributed by atoms with van der Waals surface area (Å²) in [5, 5.41) is 3.11. The number of nitrogens with zero attached hydrogens (tertiary/aromatic N) is 4. The summed E-state index contributed by atoms with van der Waals surface area (Å²) in [6, 6.07) is 0. The van der Waals surface area contributed by atoms with Gasteiger partial charge in [-0.25, -0.2) is 15.0 Å². The molecule has 0 aliphatic carbocycles. The van der Waals surface area contributed by atoms with Crippen molar-refractivity contribution in [3.63, 3.8) is 0 Å². The lowest BCUT2D eigenvalue weighted by Crippen LogP contribution is -2.01. The molecular weight excluding hydrogens is 226 g/mol. The molecule has 1 N–H and O–H groups in total. The highest BCUT2D eigenvalue weighted by atomic mass is 15.1. The Morgan fingerprint density at radius 3 is 2.50 bits per heavy atom. The van der Waals surface area contributed by atoms with Crippen LogP contribution in [-0.2, 0) is 7.05 Å². The normalized spacial score (nSPS) is 8.72. The molecule has 2 heterocycles. The first-order valence-electron chi connectivity index (χ1n) is 6.29. The standard InChI is InChI=1S/C9H11N5.2C2H6/c1-3-4-10-8-7-9(12-5-11-8)14(2)6-13-7;2*1-2/h3,5-6H,1,4H2,2H3,(H,10,11,12);2*1-2H3. The maximum absolute atomic E-state index is 4.21. The van der Waals surface area contributed by atoms with E-state index in [1.807, 2.05) is 39.3 Å². The molecule has 2 aromatic heterocycles. The van der Waals surface area contributed by atoms with Crippen LogP contribution in [0.4, 0.5) is 5.82 Å². The van der Waals surface area contributed by atoms with Gasteiger partial charge in [-0.15, -0.1) is 6.58 Å². The molecule has 0 aromatic carbocycles. The van der Waals surface area contributed by atoms with Crippen molar-refractivity contribution in [1.82, 2.24) is 19.5 Å². The molecule has 100 valence electrons. The largest absolute Gasteiger partial charge is 0.365 e. The Morgan fingerprint density at radius 1 is 1.22 bits per heavy atom. The van der Waals surface area contributed by atoms with E-state index in [2.05, 4.69) is 26.8 Å². The lowest BCUT2D eigenvalue weighted by atomic mass is 10.4. The molecule has 0 atom stereocenters. The van der Waals surface area contributed by atoms with E-state index in [1.165, 1.54) is 6.33 Å². The van der Waals surface area contributed by atoms with Crippen molar-refractivity contribution in [3.8, 4) is 0 Å². The lowest BCUT2D eigenvalue weighted by molar-refractivity contribution is 0.928. The molecule has 5 heteroatoms. The fourth-order valence-corrected chi connectivity index (χ4v) is 1.24. The zero-order chi connectivity index (χ0) is 14.0. The van der Waals surface area contributed by atoms with Crippen LogP contribution in [-0.4, -0.2) is 26.1 Å². The monoisotopic (exact) mass is 249 g/mol. The van der Waals surface area contributed by atoms with Crippen LogP contribution in [0.2, 0.25) is 0 Å². The maximum atomic E-state index is 4.21. The van der Waals surface area contributed by atoms with Crippen LogP contribution in [0.25, 0.3) is 11.2 Å². The number of anilines is 1. The number of nitrogens with one attached hydrogen (secondary N) is 1. The van der Waals surface area contributed by atoms with Gasteiger partial charge in [0.2, 0.25) is 0 Å². The second-order valence-electron chi connectivity index (χ2n) is 2.92. The van der Waals surface area contributed by atoms with E-state index in [-0.39, 0.29) is 0 Å². The van der Waals surface area contributed by atoms with Gasteiger partial charge in [-0.1, -0.05) is 33.8 Å². The third kappa shape index (κ3) is 3.84. The van der Waals surface area contributed by atoms with Gasteiger partial charge in [0.1, 0.15) is 11.8 Å². The molecule has 0 saturated carbocycles. The van der Waals surface area contributed by atoms with Gasteiger partial charge in [-0.05, 0) is 0 Å². The molecule has 0 fully saturated rings. The Bertz CT molecular complexity index is 461. The first kappa shape index (κ1) is 16.1. The van der Waals surface area contributed by atoms with Crippen molar-refractivity contribution in [1.29, 1.82) is 0 Å². The molecule has 0 aliphatic rings. The molecule has 18 heavy (non-hydrogen) atoms. The topological polar surface area (TPSA) is 55.6 Å². The summed E-state index contributed by atoms with van der Waals surface area (Å²) in [4.78, 5) is 12.5. The van der Waals surface area contributed by atoms with Crippen molar-refractivity contribution in [2.24, 2.45) is 7.05 Å². The summed E-state index contributed by atoms with van der Waals surface area (Å²) >= 11 is 0. The predicted molar refractivity (Wildman–Crippen MR) is 77.7 cm³/mol. The number of imidazole rings is 1. The van der Waals surface area contributed by atoms with Crippen molar-refractivity contribution < 1.29 is 0 Å². The quantitative estimate of drug-likeness (QED) is 0.850. The minimum Gasteiger partial charge on any atom is -0.365 e.